The number of thiophene rings is 1. The lowest BCUT2D eigenvalue weighted by Gasteiger charge is -2.08. The highest BCUT2D eigenvalue weighted by Gasteiger charge is 2.30. The van der Waals surface area contributed by atoms with Gasteiger partial charge in [0.2, 0.25) is 18.5 Å². The van der Waals surface area contributed by atoms with Crippen LogP contribution in [0.5, 0.6) is 11.5 Å². The maximum Gasteiger partial charge on any atom is 0.263 e. The van der Waals surface area contributed by atoms with Crippen molar-refractivity contribution in [3.05, 3.63) is 35.0 Å². The molecule has 2 aliphatic rings. The van der Waals surface area contributed by atoms with Crippen LogP contribution in [0.15, 0.2) is 33.7 Å². The number of sulfonamides is 1. The monoisotopic (exact) mass is 405 g/mol. The predicted octanol–water partition coefficient (Wildman–Crippen LogP) is 3.51. The van der Waals surface area contributed by atoms with Gasteiger partial charge in [-0.3, -0.25) is 4.72 Å². The minimum atomic E-state index is -3.77. The van der Waals surface area contributed by atoms with Gasteiger partial charge in [-0.1, -0.05) is 5.16 Å². The Morgan fingerprint density at radius 2 is 2.00 bits per heavy atom. The van der Waals surface area contributed by atoms with Crippen molar-refractivity contribution in [2.75, 3.05) is 11.5 Å². The minimum absolute atomic E-state index is 0.131. The van der Waals surface area contributed by atoms with Crippen molar-refractivity contribution >= 4 is 27.0 Å². The standard InChI is InChI=1S/C17H15N3O5S2/c1-9-15(7-14(26-9)16-18-17(25-19-16)10-2-3-10)27(21,22)20-11-4-5-12-13(6-11)24-8-23-12/h4-7,10,20H,2-3,8H2,1H3. The molecular weight excluding hydrogens is 390 g/mol. The Balaban J connectivity index is 1.43. The Bertz CT molecular complexity index is 1130. The number of aryl methyl sites for hydroxylation is 1. The van der Waals surface area contributed by atoms with E-state index in [-0.39, 0.29) is 11.7 Å². The van der Waals surface area contributed by atoms with Gasteiger partial charge in [0.05, 0.1) is 10.6 Å². The maximum atomic E-state index is 12.8. The van der Waals surface area contributed by atoms with Crippen LogP contribution in [0.4, 0.5) is 5.69 Å². The fourth-order valence-electron chi connectivity index (χ4n) is 2.84. The van der Waals surface area contributed by atoms with E-state index in [4.69, 9.17) is 14.0 Å². The average Bonchev–Trinajstić information content (AvgIpc) is 3.05. The molecule has 0 saturated heterocycles. The Labute approximate surface area is 159 Å². The molecule has 1 saturated carbocycles. The third kappa shape index (κ3) is 3.04. The summed E-state index contributed by atoms with van der Waals surface area (Å²) in [7, 11) is -3.77. The number of benzene rings is 1. The fraction of sp³-hybridized carbons (Fsp3) is 0.294. The van der Waals surface area contributed by atoms with Gasteiger partial charge in [-0.05, 0) is 38.0 Å². The molecule has 5 rings (SSSR count). The summed E-state index contributed by atoms with van der Waals surface area (Å²) >= 11 is 1.32. The molecule has 0 unspecified atom stereocenters. The number of hydrogen-bond acceptors (Lipinski definition) is 8. The molecule has 0 atom stereocenters. The molecule has 0 amide bonds. The van der Waals surface area contributed by atoms with Crippen LogP contribution in [0.3, 0.4) is 0 Å². The predicted molar refractivity (Wildman–Crippen MR) is 97.7 cm³/mol. The van der Waals surface area contributed by atoms with Crippen LogP contribution in [0, 0.1) is 6.92 Å². The Morgan fingerprint density at radius 1 is 1.19 bits per heavy atom. The van der Waals surface area contributed by atoms with E-state index in [0.717, 1.165) is 12.8 Å². The molecule has 27 heavy (non-hydrogen) atoms. The summed E-state index contributed by atoms with van der Waals surface area (Å²) in [6.45, 7) is 1.89. The van der Waals surface area contributed by atoms with E-state index in [1.54, 1.807) is 31.2 Å². The second kappa shape index (κ2) is 5.96. The van der Waals surface area contributed by atoms with E-state index in [0.29, 0.717) is 44.6 Å². The first-order valence-electron chi connectivity index (χ1n) is 8.36. The molecule has 2 aromatic heterocycles. The number of anilines is 1. The molecule has 1 N–H and O–H groups in total. The number of fused-ring (bicyclic) bond motifs is 1. The first-order valence-corrected chi connectivity index (χ1v) is 10.7. The second-order valence-corrected chi connectivity index (χ2v) is 9.34. The average molecular weight is 405 g/mol. The molecule has 1 fully saturated rings. The van der Waals surface area contributed by atoms with Crippen LogP contribution in [0.25, 0.3) is 10.7 Å². The van der Waals surface area contributed by atoms with Crippen molar-refractivity contribution in [2.24, 2.45) is 0 Å². The van der Waals surface area contributed by atoms with E-state index < -0.39 is 10.0 Å². The minimum Gasteiger partial charge on any atom is -0.454 e. The quantitative estimate of drug-likeness (QED) is 0.693. The number of hydrogen-bond donors (Lipinski definition) is 1. The lowest BCUT2D eigenvalue weighted by atomic mass is 10.3. The van der Waals surface area contributed by atoms with Gasteiger partial charge < -0.3 is 14.0 Å². The number of nitrogens with zero attached hydrogens (tertiary/aromatic N) is 2. The normalized spacial score (nSPS) is 15.9. The zero-order valence-electron chi connectivity index (χ0n) is 14.3. The van der Waals surface area contributed by atoms with Crippen LogP contribution in [-0.4, -0.2) is 25.4 Å². The molecule has 1 aliphatic carbocycles. The summed E-state index contributed by atoms with van der Waals surface area (Å²) in [5.41, 5.74) is 0.405. The van der Waals surface area contributed by atoms with E-state index in [9.17, 15) is 8.42 Å². The van der Waals surface area contributed by atoms with E-state index in [1.165, 1.54) is 11.3 Å². The Hall–Kier alpha value is -2.59. The summed E-state index contributed by atoms with van der Waals surface area (Å²) in [6.07, 6.45) is 2.12. The van der Waals surface area contributed by atoms with E-state index in [2.05, 4.69) is 14.9 Å². The maximum absolute atomic E-state index is 12.8. The number of nitrogens with one attached hydrogen (secondary N) is 1. The fourth-order valence-corrected chi connectivity index (χ4v) is 5.41. The van der Waals surface area contributed by atoms with Crippen molar-refractivity contribution in [3.63, 3.8) is 0 Å². The van der Waals surface area contributed by atoms with Crippen LogP contribution in [-0.2, 0) is 10.0 Å². The molecule has 0 spiro atoms. The first kappa shape index (κ1) is 16.6. The number of ether oxygens (including phenoxy) is 2. The molecule has 0 bridgehead atoms. The lowest BCUT2D eigenvalue weighted by molar-refractivity contribution is 0.174. The van der Waals surface area contributed by atoms with Crippen LogP contribution in [0.1, 0.15) is 29.5 Å². The highest BCUT2D eigenvalue weighted by Crippen LogP contribution is 2.41. The molecule has 1 aromatic carbocycles. The first-order chi connectivity index (χ1) is 13.0. The smallest absolute Gasteiger partial charge is 0.263 e. The SMILES string of the molecule is Cc1sc(-c2noc(C3CC3)n2)cc1S(=O)(=O)Nc1ccc2c(c1)OCO2. The summed E-state index contributed by atoms with van der Waals surface area (Å²) in [5.74, 6) is 2.50. The number of rotatable bonds is 5. The van der Waals surface area contributed by atoms with Crippen molar-refractivity contribution < 1.29 is 22.4 Å². The second-order valence-electron chi connectivity index (χ2n) is 6.44. The molecule has 3 heterocycles. The summed E-state index contributed by atoms with van der Waals surface area (Å²) in [5, 5.41) is 3.99. The van der Waals surface area contributed by atoms with Gasteiger partial charge in [-0.15, -0.1) is 11.3 Å². The third-order valence-electron chi connectivity index (χ3n) is 4.38. The Morgan fingerprint density at radius 3 is 2.81 bits per heavy atom. The van der Waals surface area contributed by atoms with Gasteiger partial charge in [0.25, 0.3) is 10.0 Å². The molecule has 8 nitrogen and oxygen atoms in total. The summed E-state index contributed by atoms with van der Waals surface area (Å²) < 4.78 is 44.1. The highest BCUT2D eigenvalue weighted by atomic mass is 32.2. The molecule has 1 aliphatic heterocycles. The van der Waals surface area contributed by atoms with Crippen molar-refractivity contribution in [1.82, 2.24) is 10.1 Å². The lowest BCUT2D eigenvalue weighted by Crippen LogP contribution is -2.13. The summed E-state index contributed by atoms with van der Waals surface area (Å²) in [6, 6.07) is 6.49. The zero-order chi connectivity index (χ0) is 18.6. The third-order valence-corrected chi connectivity index (χ3v) is 7.06. The molecule has 3 aromatic rings. The van der Waals surface area contributed by atoms with Gasteiger partial charge in [-0.25, -0.2) is 8.42 Å². The van der Waals surface area contributed by atoms with E-state index >= 15 is 0 Å². The number of aromatic nitrogens is 2. The Kier molecular flexibility index (Phi) is 3.66. The van der Waals surface area contributed by atoms with Crippen molar-refractivity contribution in [2.45, 2.75) is 30.6 Å². The van der Waals surface area contributed by atoms with Gasteiger partial charge >= 0.3 is 0 Å². The van der Waals surface area contributed by atoms with Gasteiger partial charge in [0.1, 0.15) is 4.90 Å². The van der Waals surface area contributed by atoms with Crippen molar-refractivity contribution in [3.8, 4) is 22.2 Å². The van der Waals surface area contributed by atoms with Crippen LogP contribution >= 0.6 is 11.3 Å². The van der Waals surface area contributed by atoms with Crippen LogP contribution in [0.2, 0.25) is 0 Å². The molecule has 10 heteroatoms. The topological polar surface area (TPSA) is 104 Å². The molecule has 140 valence electrons. The zero-order valence-corrected chi connectivity index (χ0v) is 15.9. The highest BCUT2D eigenvalue weighted by molar-refractivity contribution is 7.93. The van der Waals surface area contributed by atoms with Gasteiger partial charge in [-0.2, -0.15) is 4.98 Å². The van der Waals surface area contributed by atoms with Crippen LogP contribution < -0.4 is 14.2 Å². The van der Waals surface area contributed by atoms with Gasteiger partial charge in [0, 0.05) is 16.9 Å². The molecule has 0 radical (unpaired) electrons. The van der Waals surface area contributed by atoms with Gasteiger partial charge in [0.15, 0.2) is 11.5 Å². The van der Waals surface area contributed by atoms with E-state index in [1.807, 2.05) is 0 Å². The molecular formula is C17H15N3O5S2. The largest absolute Gasteiger partial charge is 0.454 e. The summed E-state index contributed by atoms with van der Waals surface area (Å²) in [4.78, 5) is 5.89. The van der Waals surface area contributed by atoms with Crippen molar-refractivity contribution in [1.29, 1.82) is 0 Å².